The van der Waals surface area contributed by atoms with E-state index >= 15 is 0 Å². The summed E-state index contributed by atoms with van der Waals surface area (Å²) in [4.78, 5) is 22.3. The highest BCUT2D eigenvalue weighted by Gasteiger charge is 2.31. The van der Waals surface area contributed by atoms with E-state index in [-0.39, 0.29) is 19.0 Å². The molecule has 1 atom stereocenters. The molecule has 0 aromatic heterocycles. The van der Waals surface area contributed by atoms with Crippen molar-refractivity contribution in [3.63, 3.8) is 0 Å². The Kier molecular flexibility index (Phi) is 6.08. The predicted molar refractivity (Wildman–Crippen MR) is 74.7 cm³/mol. The molecule has 4 nitrogen and oxygen atoms in total. The maximum absolute atomic E-state index is 11.6. The van der Waals surface area contributed by atoms with Crippen LogP contribution in [-0.2, 0) is 19.1 Å². The van der Waals surface area contributed by atoms with Crippen LogP contribution < -0.4 is 0 Å². The fraction of sp³-hybridized carbons (Fsp3) is 0.667. The van der Waals surface area contributed by atoms with Crippen molar-refractivity contribution in [2.45, 2.75) is 25.2 Å². The van der Waals surface area contributed by atoms with Crippen LogP contribution in [-0.4, -0.2) is 40.7 Å². The largest absolute Gasteiger partial charge is 0.462 e. The third-order valence-electron chi connectivity index (χ3n) is 2.22. The highest BCUT2D eigenvalue weighted by Crippen LogP contribution is 2.35. The number of carbonyl (C=O) groups is 2. The Hall–Kier alpha value is -0.620. The molecule has 1 heterocycles. The summed E-state index contributed by atoms with van der Waals surface area (Å²) in [5.41, 5.74) is 0.328. The molecular weight excluding hydrogens is 272 g/mol. The van der Waals surface area contributed by atoms with E-state index in [4.69, 9.17) is 9.47 Å². The van der Waals surface area contributed by atoms with Crippen molar-refractivity contribution in [2.75, 3.05) is 23.9 Å². The Balaban J connectivity index is 2.25. The molecule has 1 fully saturated rings. The van der Waals surface area contributed by atoms with Crippen LogP contribution in [0.15, 0.2) is 12.2 Å². The van der Waals surface area contributed by atoms with Gasteiger partial charge >= 0.3 is 11.9 Å². The van der Waals surface area contributed by atoms with Crippen molar-refractivity contribution >= 4 is 35.5 Å². The minimum atomic E-state index is -0.475. The zero-order valence-corrected chi connectivity index (χ0v) is 12.3. The van der Waals surface area contributed by atoms with Gasteiger partial charge in [0.25, 0.3) is 0 Å². The zero-order valence-electron chi connectivity index (χ0n) is 10.7. The normalized spacial score (nSPS) is 23.2. The fourth-order valence-corrected chi connectivity index (χ4v) is 3.86. The number of hydrogen-bond acceptors (Lipinski definition) is 6. The lowest BCUT2D eigenvalue weighted by molar-refractivity contribution is -0.152. The summed E-state index contributed by atoms with van der Waals surface area (Å²) in [7, 11) is 0. The van der Waals surface area contributed by atoms with Gasteiger partial charge in [-0.1, -0.05) is 6.58 Å². The van der Waals surface area contributed by atoms with E-state index in [0.717, 1.165) is 17.3 Å². The molecule has 102 valence electrons. The van der Waals surface area contributed by atoms with E-state index in [0.29, 0.717) is 5.57 Å². The van der Waals surface area contributed by atoms with Crippen LogP contribution in [0.4, 0.5) is 0 Å². The summed E-state index contributed by atoms with van der Waals surface area (Å²) < 4.78 is 10.3. The Labute approximate surface area is 116 Å². The maximum atomic E-state index is 11.6. The first-order chi connectivity index (χ1) is 8.43. The van der Waals surface area contributed by atoms with Gasteiger partial charge in [-0.05, 0) is 13.8 Å². The molecule has 0 spiro atoms. The monoisotopic (exact) mass is 290 g/mol. The second-order valence-electron chi connectivity index (χ2n) is 4.18. The van der Waals surface area contributed by atoms with Gasteiger partial charge in [-0.15, -0.1) is 11.8 Å². The lowest BCUT2D eigenvalue weighted by Crippen LogP contribution is -2.34. The van der Waals surface area contributed by atoms with Gasteiger partial charge in [-0.3, -0.25) is 4.79 Å². The van der Waals surface area contributed by atoms with Gasteiger partial charge in [-0.2, -0.15) is 11.8 Å². The average molecular weight is 290 g/mol. The van der Waals surface area contributed by atoms with Crippen LogP contribution in [0.3, 0.4) is 0 Å². The highest BCUT2D eigenvalue weighted by atomic mass is 32.2. The summed E-state index contributed by atoms with van der Waals surface area (Å²) in [5, 5.41) is 0. The summed E-state index contributed by atoms with van der Waals surface area (Å²) in [6, 6.07) is 0. The van der Waals surface area contributed by atoms with Gasteiger partial charge in [0, 0.05) is 22.8 Å². The Morgan fingerprint density at radius 1 is 1.39 bits per heavy atom. The third-order valence-corrected chi connectivity index (χ3v) is 5.15. The SMILES string of the molecule is C=C(C)C(=O)OCCC(=O)OC1(C)CSCCS1. The predicted octanol–water partition coefficient (Wildman–Crippen LogP) is 2.24. The lowest BCUT2D eigenvalue weighted by Gasteiger charge is -2.31. The van der Waals surface area contributed by atoms with Crippen LogP contribution in [0, 0.1) is 0 Å². The minimum Gasteiger partial charge on any atom is -0.462 e. The first-order valence-corrected chi connectivity index (χ1v) is 7.83. The van der Waals surface area contributed by atoms with E-state index < -0.39 is 10.9 Å². The molecule has 1 aliphatic heterocycles. The highest BCUT2D eigenvalue weighted by molar-refractivity contribution is 8.07. The van der Waals surface area contributed by atoms with Gasteiger partial charge in [0.15, 0.2) is 4.93 Å². The summed E-state index contributed by atoms with van der Waals surface area (Å²) >= 11 is 3.43. The Morgan fingerprint density at radius 3 is 2.67 bits per heavy atom. The van der Waals surface area contributed by atoms with Crippen molar-refractivity contribution in [1.82, 2.24) is 0 Å². The molecule has 0 saturated carbocycles. The smallest absolute Gasteiger partial charge is 0.333 e. The van der Waals surface area contributed by atoms with E-state index in [1.54, 1.807) is 30.4 Å². The lowest BCUT2D eigenvalue weighted by atomic mass is 10.3. The van der Waals surface area contributed by atoms with Crippen molar-refractivity contribution in [3.8, 4) is 0 Å². The van der Waals surface area contributed by atoms with E-state index in [1.165, 1.54) is 0 Å². The van der Waals surface area contributed by atoms with Crippen molar-refractivity contribution < 1.29 is 19.1 Å². The van der Waals surface area contributed by atoms with Crippen LogP contribution in [0.2, 0.25) is 0 Å². The molecule has 0 bridgehead atoms. The quantitative estimate of drug-likeness (QED) is 0.572. The van der Waals surface area contributed by atoms with Crippen LogP contribution in [0.1, 0.15) is 20.3 Å². The van der Waals surface area contributed by atoms with Crippen molar-refractivity contribution in [3.05, 3.63) is 12.2 Å². The second kappa shape index (κ2) is 7.09. The van der Waals surface area contributed by atoms with Gasteiger partial charge in [-0.25, -0.2) is 4.79 Å². The molecule has 18 heavy (non-hydrogen) atoms. The molecule has 0 radical (unpaired) electrons. The van der Waals surface area contributed by atoms with Gasteiger partial charge in [0.1, 0.15) is 6.61 Å². The average Bonchev–Trinajstić information content (AvgIpc) is 2.28. The van der Waals surface area contributed by atoms with Gasteiger partial charge < -0.3 is 9.47 Å². The van der Waals surface area contributed by atoms with E-state index in [1.807, 2.05) is 6.92 Å². The maximum Gasteiger partial charge on any atom is 0.333 e. The molecule has 1 saturated heterocycles. The number of thioether (sulfide) groups is 2. The topological polar surface area (TPSA) is 52.6 Å². The summed E-state index contributed by atoms with van der Waals surface area (Å²) in [5.74, 6) is 2.07. The third kappa shape index (κ3) is 5.35. The van der Waals surface area contributed by atoms with Gasteiger partial charge in [0.2, 0.25) is 0 Å². The van der Waals surface area contributed by atoms with Crippen LogP contribution in [0.25, 0.3) is 0 Å². The van der Waals surface area contributed by atoms with E-state index in [9.17, 15) is 9.59 Å². The molecule has 1 rings (SSSR count). The first-order valence-electron chi connectivity index (χ1n) is 5.69. The van der Waals surface area contributed by atoms with Gasteiger partial charge in [0.05, 0.1) is 6.42 Å². The van der Waals surface area contributed by atoms with Crippen LogP contribution >= 0.6 is 23.5 Å². The molecule has 6 heteroatoms. The zero-order chi connectivity index (χ0) is 13.6. The molecule has 0 N–H and O–H groups in total. The number of hydrogen-bond donors (Lipinski definition) is 0. The molecule has 1 aliphatic rings. The summed E-state index contributed by atoms with van der Waals surface area (Å²) in [6.45, 7) is 6.99. The number of esters is 2. The standard InChI is InChI=1S/C12H18O4S2/c1-9(2)11(14)15-5-4-10(13)16-12(3)8-17-6-7-18-12/h1,4-8H2,2-3H3. The van der Waals surface area contributed by atoms with E-state index in [2.05, 4.69) is 6.58 Å². The first kappa shape index (κ1) is 15.4. The molecule has 0 aromatic rings. The molecular formula is C12H18O4S2. The van der Waals surface area contributed by atoms with Crippen molar-refractivity contribution in [2.24, 2.45) is 0 Å². The number of rotatable bonds is 5. The summed E-state index contributed by atoms with van der Waals surface area (Å²) in [6.07, 6.45) is 0.0832. The number of ether oxygens (including phenoxy) is 2. The Morgan fingerprint density at radius 2 is 2.11 bits per heavy atom. The molecule has 0 amide bonds. The molecule has 0 aliphatic carbocycles. The second-order valence-corrected chi connectivity index (χ2v) is 6.84. The number of carbonyl (C=O) groups excluding carboxylic acids is 2. The van der Waals surface area contributed by atoms with Crippen LogP contribution in [0.5, 0.6) is 0 Å². The fourth-order valence-electron chi connectivity index (χ4n) is 1.32. The van der Waals surface area contributed by atoms with Crippen molar-refractivity contribution in [1.29, 1.82) is 0 Å². The molecule has 1 unspecified atom stereocenters. The minimum absolute atomic E-state index is 0.0401. The Bertz CT molecular complexity index is 335. The molecule has 0 aromatic carbocycles.